The molecule has 0 bridgehead atoms. The van der Waals surface area contributed by atoms with Gasteiger partial charge >= 0.3 is 0 Å². The van der Waals surface area contributed by atoms with Crippen molar-refractivity contribution in [1.29, 1.82) is 0 Å². The molecule has 2 rings (SSSR count). The van der Waals surface area contributed by atoms with E-state index in [2.05, 4.69) is 12.2 Å². The maximum absolute atomic E-state index is 11.0. The van der Waals surface area contributed by atoms with Gasteiger partial charge in [0.05, 0.1) is 10.0 Å². The van der Waals surface area contributed by atoms with Crippen molar-refractivity contribution in [2.45, 2.75) is 19.5 Å². The number of nitrogens with one attached hydrogen (secondary N) is 1. The zero-order valence-corrected chi connectivity index (χ0v) is 13.1. The fraction of sp³-hybridized carbons (Fsp3) is 0.188. The lowest BCUT2D eigenvalue weighted by atomic mass is 10.1. The molecule has 0 saturated carbocycles. The summed E-state index contributed by atoms with van der Waals surface area (Å²) in [5.74, 6) is -0.418. The van der Waals surface area contributed by atoms with E-state index in [-0.39, 0.29) is 6.04 Å². The number of carbonyl (C=O) groups excluding carboxylic acids is 1. The van der Waals surface area contributed by atoms with Gasteiger partial charge in [0.25, 0.3) is 0 Å². The van der Waals surface area contributed by atoms with Crippen LogP contribution in [0.25, 0.3) is 0 Å². The summed E-state index contributed by atoms with van der Waals surface area (Å²) in [5, 5.41) is 4.49. The summed E-state index contributed by atoms with van der Waals surface area (Å²) >= 11 is 11.9. The molecule has 21 heavy (non-hydrogen) atoms. The third kappa shape index (κ3) is 4.21. The van der Waals surface area contributed by atoms with Gasteiger partial charge in [0.15, 0.2) is 0 Å². The first-order valence-corrected chi connectivity index (χ1v) is 7.30. The largest absolute Gasteiger partial charge is 0.366 e. The SMILES string of the molecule is C[C@H](NCc1ccc(C(N)=O)cc1)c1ccc(Cl)c(Cl)c1. The van der Waals surface area contributed by atoms with E-state index in [0.717, 1.165) is 11.1 Å². The minimum absolute atomic E-state index is 0.135. The second kappa shape index (κ2) is 6.94. The predicted octanol–water partition coefficient (Wildman–Crippen LogP) is 3.94. The highest BCUT2D eigenvalue weighted by atomic mass is 35.5. The molecule has 110 valence electrons. The molecule has 0 spiro atoms. The van der Waals surface area contributed by atoms with Crippen molar-refractivity contribution in [2.75, 3.05) is 0 Å². The summed E-state index contributed by atoms with van der Waals surface area (Å²) < 4.78 is 0. The Morgan fingerprint density at radius 1 is 1.14 bits per heavy atom. The first-order chi connectivity index (χ1) is 9.97. The number of carbonyl (C=O) groups is 1. The highest BCUT2D eigenvalue weighted by molar-refractivity contribution is 6.42. The van der Waals surface area contributed by atoms with Gasteiger partial charge in [-0.05, 0) is 42.3 Å². The van der Waals surface area contributed by atoms with Crippen molar-refractivity contribution in [1.82, 2.24) is 5.32 Å². The highest BCUT2D eigenvalue weighted by Crippen LogP contribution is 2.25. The van der Waals surface area contributed by atoms with Crippen molar-refractivity contribution < 1.29 is 4.79 Å². The average Bonchev–Trinajstić information content (AvgIpc) is 2.48. The maximum atomic E-state index is 11.0. The molecule has 0 fully saturated rings. The average molecular weight is 323 g/mol. The van der Waals surface area contributed by atoms with E-state index < -0.39 is 5.91 Å². The molecule has 0 saturated heterocycles. The Labute approximate surface area is 134 Å². The first kappa shape index (κ1) is 15.8. The molecule has 2 aromatic rings. The highest BCUT2D eigenvalue weighted by Gasteiger charge is 2.07. The molecule has 3 nitrogen and oxygen atoms in total. The van der Waals surface area contributed by atoms with Crippen molar-refractivity contribution in [3.05, 3.63) is 69.2 Å². The van der Waals surface area contributed by atoms with Crippen LogP contribution in [0.4, 0.5) is 0 Å². The number of primary amides is 1. The van der Waals surface area contributed by atoms with Crippen LogP contribution in [-0.2, 0) is 6.54 Å². The van der Waals surface area contributed by atoms with Gasteiger partial charge in [-0.3, -0.25) is 4.79 Å². The van der Waals surface area contributed by atoms with Crippen molar-refractivity contribution in [3.63, 3.8) is 0 Å². The third-order valence-electron chi connectivity index (χ3n) is 3.29. The maximum Gasteiger partial charge on any atom is 0.248 e. The van der Waals surface area contributed by atoms with Crippen LogP contribution in [0.5, 0.6) is 0 Å². The van der Waals surface area contributed by atoms with E-state index in [4.69, 9.17) is 28.9 Å². The second-order valence-electron chi connectivity index (χ2n) is 4.84. The number of halogens is 2. The normalized spacial score (nSPS) is 12.1. The molecule has 0 aliphatic rings. The van der Waals surface area contributed by atoms with Gasteiger partial charge in [0.2, 0.25) is 5.91 Å². The Morgan fingerprint density at radius 2 is 1.81 bits per heavy atom. The van der Waals surface area contributed by atoms with Crippen LogP contribution in [0.2, 0.25) is 10.0 Å². The Balaban J connectivity index is 1.98. The third-order valence-corrected chi connectivity index (χ3v) is 4.03. The molecule has 1 amide bonds. The van der Waals surface area contributed by atoms with E-state index >= 15 is 0 Å². The standard InChI is InChI=1S/C16H16Cl2N2O/c1-10(13-6-7-14(17)15(18)8-13)20-9-11-2-4-12(5-3-11)16(19)21/h2-8,10,20H,9H2,1H3,(H2,19,21)/t10-/m0/s1. The molecule has 1 atom stereocenters. The molecule has 3 N–H and O–H groups in total. The Kier molecular flexibility index (Phi) is 5.23. The minimum Gasteiger partial charge on any atom is -0.366 e. The van der Waals surface area contributed by atoms with Gasteiger partial charge in [-0.2, -0.15) is 0 Å². The van der Waals surface area contributed by atoms with Crippen LogP contribution in [0.15, 0.2) is 42.5 Å². The van der Waals surface area contributed by atoms with E-state index in [1.165, 1.54) is 0 Å². The fourth-order valence-corrected chi connectivity index (χ4v) is 2.26. The zero-order valence-electron chi connectivity index (χ0n) is 11.6. The summed E-state index contributed by atoms with van der Waals surface area (Å²) in [6.07, 6.45) is 0. The summed E-state index contributed by atoms with van der Waals surface area (Å²) in [5.41, 5.74) is 7.86. The molecule has 0 heterocycles. The van der Waals surface area contributed by atoms with Gasteiger partial charge in [-0.25, -0.2) is 0 Å². The van der Waals surface area contributed by atoms with Gasteiger partial charge in [-0.15, -0.1) is 0 Å². The molecule has 5 heteroatoms. The summed E-state index contributed by atoms with van der Waals surface area (Å²) in [4.78, 5) is 11.0. The first-order valence-electron chi connectivity index (χ1n) is 6.54. The lowest BCUT2D eigenvalue weighted by Crippen LogP contribution is -2.18. The Hall–Kier alpha value is -1.55. The Morgan fingerprint density at radius 3 is 2.38 bits per heavy atom. The van der Waals surface area contributed by atoms with Crippen molar-refractivity contribution in [3.8, 4) is 0 Å². The fourth-order valence-electron chi connectivity index (χ4n) is 1.96. The van der Waals surface area contributed by atoms with Crippen LogP contribution < -0.4 is 11.1 Å². The zero-order chi connectivity index (χ0) is 15.4. The van der Waals surface area contributed by atoms with Gasteiger partial charge in [-0.1, -0.05) is 41.4 Å². The number of rotatable bonds is 5. The topological polar surface area (TPSA) is 55.1 Å². The minimum atomic E-state index is -0.418. The van der Waals surface area contributed by atoms with E-state index in [1.807, 2.05) is 24.3 Å². The van der Waals surface area contributed by atoms with Crippen molar-refractivity contribution >= 4 is 29.1 Å². The van der Waals surface area contributed by atoms with Crippen LogP contribution in [0, 0.1) is 0 Å². The lowest BCUT2D eigenvalue weighted by Gasteiger charge is -2.15. The molecule has 0 unspecified atom stereocenters. The van der Waals surface area contributed by atoms with Gasteiger partial charge in [0.1, 0.15) is 0 Å². The van der Waals surface area contributed by atoms with E-state index in [1.54, 1.807) is 18.2 Å². The quantitative estimate of drug-likeness (QED) is 0.875. The van der Waals surface area contributed by atoms with Crippen molar-refractivity contribution in [2.24, 2.45) is 5.73 Å². The van der Waals surface area contributed by atoms with Crippen LogP contribution >= 0.6 is 23.2 Å². The summed E-state index contributed by atoms with van der Waals surface area (Å²) in [7, 11) is 0. The molecule has 0 aliphatic heterocycles. The molecular formula is C16H16Cl2N2O. The van der Waals surface area contributed by atoms with Gasteiger partial charge < -0.3 is 11.1 Å². The van der Waals surface area contributed by atoms with E-state index in [0.29, 0.717) is 22.2 Å². The molecule has 0 aromatic heterocycles. The molecule has 0 radical (unpaired) electrons. The number of amides is 1. The monoisotopic (exact) mass is 322 g/mol. The number of benzene rings is 2. The molecule has 2 aromatic carbocycles. The lowest BCUT2D eigenvalue weighted by molar-refractivity contribution is 0.100. The van der Waals surface area contributed by atoms with Gasteiger partial charge in [0, 0.05) is 18.2 Å². The van der Waals surface area contributed by atoms with Crippen LogP contribution in [0.1, 0.15) is 34.5 Å². The predicted molar refractivity (Wildman–Crippen MR) is 86.7 cm³/mol. The smallest absolute Gasteiger partial charge is 0.248 e. The van der Waals surface area contributed by atoms with E-state index in [9.17, 15) is 4.79 Å². The number of nitrogens with two attached hydrogens (primary N) is 1. The van der Waals surface area contributed by atoms with Crippen LogP contribution in [0.3, 0.4) is 0 Å². The molecular weight excluding hydrogens is 307 g/mol. The summed E-state index contributed by atoms with van der Waals surface area (Å²) in [6.45, 7) is 2.73. The Bertz CT molecular complexity index is 641. The van der Waals surface area contributed by atoms with Crippen LogP contribution in [-0.4, -0.2) is 5.91 Å². The number of hydrogen-bond acceptors (Lipinski definition) is 2. The summed E-state index contributed by atoms with van der Waals surface area (Å²) in [6, 6.07) is 12.9. The number of hydrogen-bond donors (Lipinski definition) is 2. The molecule has 0 aliphatic carbocycles. The second-order valence-corrected chi connectivity index (χ2v) is 5.65.